The minimum atomic E-state index is -4.85. The van der Waals surface area contributed by atoms with Crippen LogP contribution in [-0.2, 0) is 6.54 Å². The van der Waals surface area contributed by atoms with Crippen LogP contribution in [0.3, 0.4) is 0 Å². The standard InChI is InChI=1S/C19H18F7NO2/c1-12-4-2-6-14(8-12)27(11-16(28)18(22,23)24)10-13-5-3-7-15(9-13)29-19(25,26)17(20)21/h2-9,16-17,28H,10-11H2,1H3/t16-/m0/s1. The van der Waals surface area contributed by atoms with Crippen molar-refractivity contribution in [3.63, 3.8) is 0 Å². The van der Waals surface area contributed by atoms with Crippen molar-refractivity contribution in [3.05, 3.63) is 59.7 Å². The highest BCUT2D eigenvalue weighted by atomic mass is 19.4. The third-order valence-corrected chi connectivity index (χ3v) is 3.92. The molecule has 0 aliphatic rings. The lowest BCUT2D eigenvalue weighted by molar-refractivity contribution is -0.253. The Balaban J connectivity index is 2.28. The summed E-state index contributed by atoms with van der Waals surface area (Å²) in [5, 5.41) is 9.46. The molecule has 29 heavy (non-hydrogen) atoms. The van der Waals surface area contributed by atoms with E-state index in [0.717, 1.165) is 17.7 Å². The van der Waals surface area contributed by atoms with E-state index in [1.165, 1.54) is 23.1 Å². The van der Waals surface area contributed by atoms with Crippen LogP contribution in [0.1, 0.15) is 11.1 Å². The molecule has 0 spiro atoms. The van der Waals surface area contributed by atoms with Gasteiger partial charge in [-0.3, -0.25) is 0 Å². The Kier molecular flexibility index (Phi) is 6.99. The Labute approximate surface area is 162 Å². The second-order valence-corrected chi connectivity index (χ2v) is 6.39. The molecule has 0 fully saturated rings. The van der Waals surface area contributed by atoms with Gasteiger partial charge in [-0.2, -0.15) is 30.7 Å². The summed E-state index contributed by atoms with van der Waals surface area (Å²) < 4.78 is 93.3. The van der Waals surface area contributed by atoms with Crippen LogP contribution >= 0.6 is 0 Å². The molecule has 2 aromatic carbocycles. The molecule has 2 aromatic rings. The Morgan fingerprint density at radius 2 is 1.66 bits per heavy atom. The number of hydrogen-bond donors (Lipinski definition) is 1. The summed E-state index contributed by atoms with van der Waals surface area (Å²) in [6, 6.07) is 11.2. The maximum Gasteiger partial charge on any atom is 0.461 e. The van der Waals surface area contributed by atoms with Gasteiger partial charge in [0.1, 0.15) is 5.75 Å². The molecule has 0 aliphatic heterocycles. The van der Waals surface area contributed by atoms with Crippen LogP contribution in [0.4, 0.5) is 36.4 Å². The van der Waals surface area contributed by atoms with Crippen molar-refractivity contribution >= 4 is 5.69 Å². The summed E-state index contributed by atoms with van der Waals surface area (Å²) in [6.45, 7) is 0.696. The summed E-state index contributed by atoms with van der Waals surface area (Å²) >= 11 is 0. The molecule has 0 heterocycles. The molecule has 2 rings (SSSR count). The number of nitrogens with zero attached hydrogens (tertiary/aromatic N) is 1. The maximum atomic E-state index is 13.1. The van der Waals surface area contributed by atoms with Crippen molar-refractivity contribution in [2.75, 3.05) is 11.4 Å². The zero-order valence-electron chi connectivity index (χ0n) is 15.1. The van der Waals surface area contributed by atoms with Crippen LogP contribution in [-0.4, -0.2) is 36.5 Å². The van der Waals surface area contributed by atoms with Crippen molar-refractivity contribution in [3.8, 4) is 5.75 Å². The predicted octanol–water partition coefficient (Wildman–Crippen LogP) is 5.16. The molecule has 0 bridgehead atoms. The van der Waals surface area contributed by atoms with E-state index in [1.54, 1.807) is 25.1 Å². The molecule has 0 unspecified atom stereocenters. The highest BCUT2D eigenvalue weighted by Crippen LogP contribution is 2.29. The van der Waals surface area contributed by atoms with Crippen LogP contribution in [0.2, 0.25) is 0 Å². The lowest BCUT2D eigenvalue weighted by Crippen LogP contribution is -2.41. The summed E-state index contributed by atoms with van der Waals surface area (Å²) in [5.41, 5.74) is 1.34. The van der Waals surface area contributed by atoms with Crippen LogP contribution in [0.5, 0.6) is 5.75 Å². The zero-order chi connectivity index (χ0) is 21.8. The molecular formula is C19H18F7NO2. The molecule has 0 radical (unpaired) electrons. The SMILES string of the molecule is Cc1cccc(N(Cc2cccc(OC(F)(F)C(F)F)c2)C[C@H](O)C(F)(F)F)c1. The first-order chi connectivity index (χ1) is 13.4. The van der Waals surface area contributed by atoms with E-state index in [9.17, 15) is 35.8 Å². The molecule has 0 aliphatic carbocycles. The van der Waals surface area contributed by atoms with Gasteiger partial charge in [0.15, 0.2) is 6.10 Å². The molecule has 3 nitrogen and oxygen atoms in total. The molecule has 0 saturated carbocycles. The highest BCUT2D eigenvalue weighted by Gasteiger charge is 2.44. The second kappa shape index (κ2) is 8.89. The van der Waals surface area contributed by atoms with Gasteiger partial charge in [0.05, 0.1) is 6.54 Å². The van der Waals surface area contributed by atoms with Crippen molar-refractivity contribution in [1.82, 2.24) is 0 Å². The first-order valence-electron chi connectivity index (χ1n) is 8.39. The Bertz CT molecular complexity index is 811. The number of hydrogen-bond acceptors (Lipinski definition) is 3. The van der Waals surface area contributed by atoms with E-state index in [1.807, 2.05) is 0 Å². The number of aliphatic hydroxyl groups is 1. The van der Waals surface area contributed by atoms with Crippen molar-refractivity contribution in [2.24, 2.45) is 0 Å². The van der Waals surface area contributed by atoms with Gasteiger partial charge in [-0.1, -0.05) is 24.3 Å². The third kappa shape index (κ3) is 6.52. The highest BCUT2D eigenvalue weighted by molar-refractivity contribution is 5.49. The molecule has 10 heteroatoms. The van der Waals surface area contributed by atoms with E-state index in [2.05, 4.69) is 4.74 Å². The van der Waals surface area contributed by atoms with E-state index in [0.29, 0.717) is 5.69 Å². The van der Waals surface area contributed by atoms with Gasteiger partial charge < -0.3 is 14.7 Å². The van der Waals surface area contributed by atoms with Crippen LogP contribution in [0.25, 0.3) is 0 Å². The van der Waals surface area contributed by atoms with E-state index >= 15 is 0 Å². The zero-order valence-corrected chi connectivity index (χ0v) is 15.1. The lowest BCUT2D eigenvalue weighted by atomic mass is 10.1. The van der Waals surface area contributed by atoms with Crippen molar-refractivity contribution in [1.29, 1.82) is 0 Å². The summed E-state index contributed by atoms with van der Waals surface area (Å²) in [4.78, 5) is 1.20. The first kappa shape index (κ1) is 22.8. The van der Waals surface area contributed by atoms with Gasteiger partial charge in [0, 0.05) is 12.2 Å². The molecule has 1 N–H and O–H groups in total. The van der Waals surface area contributed by atoms with Gasteiger partial charge in [0.25, 0.3) is 0 Å². The average Bonchev–Trinajstić information content (AvgIpc) is 2.60. The van der Waals surface area contributed by atoms with Gasteiger partial charge in [0.2, 0.25) is 0 Å². The van der Waals surface area contributed by atoms with Crippen molar-refractivity contribution < 1.29 is 40.6 Å². The number of halogens is 7. The van der Waals surface area contributed by atoms with Crippen LogP contribution in [0, 0.1) is 6.92 Å². The van der Waals surface area contributed by atoms with Gasteiger partial charge in [-0.25, -0.2) is 0 Å². The topological polar surface area (TPSA) is 32.7 Å². The van der Waals surface area contributed by atoms with Gasteiger partial charge in [-0.05, 0) is 42.3 Å². The number of benzene rings is 2. The molecule has 0 amide bonds. The predicted molar refractivity (Wildman–Crippen MR) is 92.3 cm³/mol. The van der Waals surface area contributed by atoms with E-state index in [-0.39, 0.29) is 12.1 Å². The Hall–Kier alpha value is -2.49. The fourth-order valence-corrected chi connectivity index (χ4v) is 2.53. The molecular weight excluding hydrogens is 407 g/mol. The molecule has 0 saturated heterocycles. The monoisotopic (exact) mass is 425 g/mol. The number of alkyl halides is 7. The van der Waals surface area contributed by atoms with Gasteiger partial charge in [-0.15, -0.1) is 0 Å². The third-order valence-electron chi connectivity index (χ3n) is 3.92. The number of ether oxygens (including phenoxy) is 1. The minimum absolute atomic E-state index is 0.214. The number of anilines is 1. The fourth-order valence-electron chi connectivity index (χ4n) is 2.53. The fraction of sp³-hybridized carbons (Fsp3) is 0.368. The lowest BCUT2D eigenvalue weighted by Gasteiger charge is -2.29. The number of aliphatic hydroxyl groups excluding tert-OH is 1. The first-order valence-corrected chi connectivity index (χ1v) is 8.39. The van der Waals surface area contributed by atoms with Crippen molar-refractivity contribution in [2.45, 2.75) is 38.3 Å². The molecule has 0 aromatic heterocycles. The summed E-state index contributed by atoms with van der Waals surface area (Å²) in [5.74, 6) is -0.562. The summed E-state index contributed by atoms with van der Waals surface area (Å²) in [7, 11) is 0. The minimum Gasteiger partial charge on any atom is -0.428 e. The smallest absolute Gasteiger partial charge is 0.428 e. The number of rotatable bonds is 8. The second-order valence-electron chi connectivity index (χ2n) is 6.39. The van der Waals surface area contributed by atoms with Crippen LogP contribution < -0.4 is 9.64 Å². The average molecular weight is 425 g/mol. The quantitative estimate of drug-likeness (QED) is 0.593. The molecule has 160 valence electrons. The van der Waals surface area contributed by atoms with E-state index in [4.69, 9.17) is 0 Å². The summed E-state index contributed by atoms with van der Waals surface area (Å²) in [6.07, 6.45) is -16.3. The number of aryl methyl sites for hydroxylation is 1. The maximum absolute atomic E-state index is 13.1. The van der Waals surface area contributed by atoms with E-state index < -0.39 is 37.1 Å². The van der Waals surface area contributed by atoms with Crippen LogP contribution in [0.15, 0.2) is 48.5 Å². The largest absolute Gasteiger partial charge is 0.461 e. The molecule has 1 atom stereocenters. The van der Waals surface area contributed by atoms with Gasteiger partial charge >= 0.3 is 18.7 Å². The Morgan fingerprint density at radius 1 is 1.00 bits per heavy atom. The Morgan fingerprint density at radius 3 is 2.24 bits per heavy atom. The normalized spacial score (nSPS) is 13.4.